The van der Waals surface area contributed by atoms with Crippen LogP contribution in [0.5, 0.6) is 11.5 Å². The molecule has 0 saturated carbocycles. The van der Waals surface area contributed by atoms with Crippen molar-refractivity contribution in [3.05, 3.63) is 60.1 Å². The van der Waals surface area contributed by atoms with Gasteiger partial charge in [-0.15, -0.1) is 6.58 Å². The smallest absolute Gasteiger partial charge is 0.374 e. The molecule has 1 heterocycles. The van der Waals surface area contributed by atoms with Gasteiger partial charge in [0, 0.05) is 0 Å². The molecule has 1 aromatic heterocycles. The highest BCUT2D eigenvalue weighted by atomic mass is 16.6. The number of hydrogen-bond acceptors (Lipinski definition) is 6. The molecule has 0 bridgehead atoms. The van der Waals surface area contributed by atoms with Crippen LogP contribution < -0.4 is 9.47 Å². The predicted octanol–water partition coefficient (Wildman–Crippen LogP) is 2.74. The monoisotopic (exact) mass is 332 g/mol. The Labute approximate surface area is 140 Å². The number of aliphatic hydroxyl groups excluding tert-OH is 1. The number of rotatable bonds is 9. The van der Waals surface area contributed by atoms with Crippen molar-refractivity contribution in [1.82, 2.24) is 0 Å². The molecule has 128 valence electrons. The highest BCUT2D eigenvalue weighted by Crippen LogP contribution is 2.29. The van der Waals surface area contributed by atoms with Crippen LogP contribution in [0, 0.1) is 0 Å². The van der Waals surface area contributed by atoms with Crippen LogP contribution in [0.2, 0.25) is 0 Å². The highest BCUT2D eigenvalue weighted by molar-refractivity contribution is 5.86. The molecule has 2 aromatic rings. The Morgan fingerprint density at radius 1 is 1.29 bits per heavy atom. The summed E-state index contributed by atoms with van der Waals surface area (Å²) in [5.74, 6) is 1.11. The zero-order valence-electron chi connectivity index (χ0n) is 13.5. The number of furan rings is 1. The molecule has 0 atom stereocenters. The fourth-order valence-electron chi connectivity index (χ4n) is 2.05. The van der Waals surface area contributed by atoms with E-state index < -0.39 is 5.97 Å². The van der Waals surface area contributed by atoms with Crippen molar-refractivity contribution >= 4 is 5.97 Å². The van der Waals surface area contributed by atoms with Crippen LogP contribution in [0.25, 0.3) is 0 Å². The lowest BCUT2D eigenvalue weighted by Gasteiger charge is -2.11. The van der Waals surface area contributed by atoms with Gasteiger partial charge in [0.15, 0.2) is 11.5 Å². The third kappa shape index (κ3) is 4.63. The van der Waals surface area contributed by atoms with Gasteiger partial charge in [-0.25, -0.2) is 4.79 Å². The van der Waals surface area contributed by atoms with Crippen molar-refractivity contribution in [3.63, 3.8) is 0 Å². The molecular weight excluding hydrogens is 312 g/mol. The molecule has 0 amide bonds. The second-order valence-electron chi connectivity index (χ2n) is 4.89. The molecule has 24 heavy (non-hydrogen) atoms. The standard InChI is InChI=1S/C18H20O6/c1-3-4-13-5-7-15(17(11-13)21-2)23-12-14-6-8-16(24-14)18(20)22-10-9-19/h3,5-8,11,19H,1,4,9-10,12H2,2H3. The number of benzene rings is 1. The van der Waals surface area contributed by atoms with Crippen molar-refractivity contribution in [1.29, 1.82) is 0 Å². The van der Waals surface area contributed by atoms with Crippen LogP contribution >= 0.6 is 0 Å². The quantitative estimate of drug-likeness (QED) is 0.562. The number of carbonyl (C=O) groups excluding carboxylic acids is 1. The first-order chi connectivity index (χ1) is 11.7. The third-order valence-electron chi connectivity index (χ3n) is 3.17. The fraction of sp³-hybridized carbons (Fsp3) is 0.278. The minimum atomic E-state index is -0.623. The molecule has 2 rings (SSSR count). The first-order valence-electron chi connectivity index (χ1n) is 7.45. The minimum absolute atomic E-state index is 0.0651. The molecule has 0 aliphatic rings. The van der Waals surface area contributed by atoms with Crippen LogP contribution in [0.1, 0.15) is 21.9 Å². The second-order valence-corrected chi connectivity index (χ2v) is 4.89. The molecule has 1 aromatic carbocycles. The Balaban J connectivity index is 1.99. The van der Waals surface area contributed by atoms with E-state index in [-0.39, 0.29) is 25.6 Å². The van der Waals surface area contributed by atoms with E-state index in [4.69, 9.17) is 23.7 Å². The molecule has 0 spiro atoms. The predicted molar refractivity (Wildman–Crippen MR) is 87.3 cm³/mol. The average molecular weight is 332 g/mol. The van der Waals surface area contributed by atoms with Crippen LogP contribution in [-0.2, 0) is 17.8 Å². The Kier molecular flexibility index (Phi) is 6.45. The van der Waals surface area contributed by atoms with Gasteiger partial charge >= 0.3 is 5.97 Å². The molecule has 1 N–H and O–H groups in total. The van der Waals surface area contributed by atoms with Gasteiger partial charge in [-0.05, 0) is 36.2 Å². The summed E-state index contributed by atoms with van der Waals surface area (Å²) in [6.07, 6.45) is 2.56. The topological polar surface area (TPSA) is 78.1 Å². The zero-order chi connectivity index (χ0) is 17.4. The van der Waals surface area contributed by atoms with Gasteiger partial charge in [-0.3, -0.25) is 0 Å². The molecular formula is C18H20O6. The average Bonchev–Trinajstić information content (AvgIpc) is 3.07. The number of hydrogen-bond donors (Lipinski definition) is 1. The van der Waals surface area contributed by atoms with E-state index in [1.165, 1.54) is 6.07 Å². The van der Waals surface area contributed by atoms with Gasteiger partial charge in [0.1, 0.15) is 19.0 Å². The molecule has 0 unspecified atom stereocenters. The largest absolute Gasteiger partial charge is 0.493 e. The van der Waals surface area contributed by atoms with Gasteiger partial charge in [-0.2, -0.15) is 0 Å². The summed E-state index contributed by atoms with van der Waals surface area (Å²) in [5, 5.41) is 8.63. The normalized spacial score (nSPS) is 10.2. The maximum absolute atomic E-state index is 11.6. The summed E-state index contributed by atoms with van der Waals surface area (Å²) in [7, 11) is 1.57. The third-order valence-corrected chi connectivity index (χ3v) is 3.17. The SMILES string of the molecule is C=CCc1ccc(OCc2ccc(C(=O)OCCO)o2)c(OC)c1. The second kappa shape index (κ2) is 8.79. The lowest BCUT2D eigenvalue weighted by atomic mass is 10.1. The van der Waals surface area contributed by atoms with Crippen molar-refractivity contribution in [2.24, 2.45) is 0 Å². The van der Waals surface area contributed by atoms with Gasteiger partial charge in [0.25, 0.3) is 0 Å². The van der Waals surface area contributed by atoms with Gasteiger partial charge < -0.3 is 23.7 Å². The number of methoxy groups -OCH3 is 1. The first-order valence-corrected chi connectivity index (χ1v) is 7.45. The van der Waals surface area contributed by atoms with E-state index >= 15 is 0 Å². The number of carbonyl (C=O) groups is 1. The summed E-state index contributed by atoms with van der Waals surface area (Å²) >= 11 is 0. The van der Waals surface area contributed by atoms with E-state index in [2.05, 4.69) is 6.58 Å². The highest BCUT2D eigenvalue weighted by Gasteiger charge is 2.13. The lowest BCUT2D eigenvalue weighted by Crippen LogP contribution is -2.07. The molecule has 6 heteroatoms. The Morgan fingerprint density at radius 2 is 2.12 bits per heavy atom. The summed E-state index contributed by atoms with van der Waals surface area (Å²) in [4.78, 5) is 11.6. The maximum Gasteiger partial charge on any atom is 0.374 e. The summed E-state index contributed by atoms with van der Waals surface area (Å²) in [5.41, 5.74) is 1.07. The first kappa shape index (κ1) is 17.6. The van der Waals surface area contributed by atoms with Crippen molar-refractivity contribution in [2.75, 3.05) is 20.3 Å². The molecule has 6 nitrogen and oxygen atoms in total. The number of aliphatic hydroxyl groups is 1. The van der Waals surface area contributed by atoms with Gasteiger partial charge in [-0.1, -0.05) is 12.1 Å². The Hall–Kier alpha value is -2.73. The number of ether oxygens (including phenoxy) is 3. The van der Waals surface area contributed by atoms with Gasteiger partial charge in [0.2, 0.25) is 5.76 Å². The summed E-state index contributed by atoms with van der Waals surface area (Å²) < 4.78 is 21.1. The van der Waals surface area contributed by atoms with E-state index in [9.17, 15) is 4.79 Å². The van der Waals surface area contributed by atoms with Crippen molar-refractivity contribution < 1.29 is 28.5 Å². The molecule has 0 aliphatic carbocycles. The van der Waals surface area contributed by atoms with E-state index in [0.29, 0.717) is 17.3 Å². The molecule has 0 saturated heterocycles. The fourth-order valence-corrected chi connectivity index (χ4v) is 2.05. The van der Waals surface area contributed by atoms with Crippen molar-refractivity contribution in [2.45, 2.75) is 13.0 Å². The van der Waals surface area contributed by atoms with Crippen molar-refractivity contribution in [3.8, 4) is 11.5 Å². The van der Waals surface area contributed by atoms with E-state index in [1.54, 1.807) is 13.2 Å². The lowest BCUT2D eigenvalue weighted by molar-refractivity contribution is 0.0395. The van der Waals surface area contributed by atoms with Crippen LogP contribution in [0.4, 0.5) is 0 Å². The Morgan fingerprint density at radius 3 is 2.83 bits per heavy atom. The van der Waals surface area contributed by atoms with Crippen LogP contribution in [0.3, 0.4) is 0 Å². The number of esters is 1. The summed E-state index contributed by atoms with van der Waals surface area (Å²) in [6.45, 7) is 3.55. The van der Waals surface area contributed by atoms with E-state index in [0.717, 1.165) is 12.0 Å². The van der Waals surface area contributed by atoms with Crippen LogP contribution in [-0.4, -0.2) is 31.4 Å². The van der Waals surface area contributed by atoms with Gasteiger partial charge in [0.05, 0.1) is 13.7 Å². The minimum Gasteiger partial charge on any atom is -0.493 e. The summed E-state index contributed by atoms with van der Waals surface area (Å²) in [6, 6.07) is 8.77. The molecule has 0 fully saturated rings. The molecule has 0 radical (unpaired) electrons. The molecule has 0 aliphatic heterocycles. The maximum atomic E-state index is 11.6. The number of allylic oxidation sites excluding steroid dienone is 1. The Bertz CT molecular complexity index is 689. The zero-order valence-corrected chi connectivity index (χ0v) is 13.5. The van der Waals surface area contributed by atoms with E-state index in [1.807, 2.05) is 24.3 Å². The van der Waals surface area contributed by atoms with Crippen LogP contribution in [0.15, 0.2) is 47.4 Å².